The number of nitrogens with one attached hydrogen (secondary N) is 1. The molecule has 3 rings (SSSR count). The van der Waals surface area contributed by atoms with Gasteiger partial charge in [-0.3, -0.25) is 14.9 Å². The van der Waals surface area contributed by atoms with Crippen molar-refractivity contribution in [3.05, 3.63) is 88.5 Å². The van der Waals surface area contributed by atoms with Crippen LogP contribution in [0.25, 0.3) is 0 Å². The Bertz CT molecular complexity index is 989. The summed E-state index contributed by atoms with van der Waals surface area (Å²) in [4.78, 5) is 22.8. The molecule has 0 fully saturated rings. The van der Waals surface area contributed by atoms with Crippen LogP contribution in [-0.2, 0) is 4.79 Å². The molecule has 0 aliphatic heterocycles. The van der Waals surface area contributed by atoms with E-state index in [1.165, 1.54) is 12.1 Å². The summed E-state index contributed by atoms with van der Waals surface area (Å²) in [6, 6.07) is 20.7. The molecule has 1 amide bonds. The van der Waals surface area contributed by atoms with Crippen LogP contribution in [0.1, 0.15) is 5.56 Å². The smallest absolute Gasteiger partial charge is 0.310 e. The van der Waals surface area contributed by atoms with Gasteiger partial charge < -0.3 is 14.8 Å². The number of hydrogen-bond acceptors (Lipinski definition) is 5. The van der Waals surface area contributed by atoms with Crippen molar-refractivity contribution in [2.24, 2.45) is 0 Å². The van der Waals surface area contributed by atoms with E-state index in [9.17, 15) is 14.9 Å². The minimum atomic E-state index is -0.546. The summed E-state index contributed by atoms with van der Waals surface area (Å²) in [6.07, 6.45) is 0. The van der Waals surface area contributed by atoms with Crippen LogP contribution in [-0.4, -0.2) is 17.4 Å². The topological polar surface area (TPSA) is 90.7 Å². The minimum Gasteiger partial charge on any atom is -0.477 e. The molecule has 0 aliphatic carbocycles. The lowest BCUT2D eigenvalue weighted by atomic mass is 10.2. The molecular weight excluding hydrogens is 360 g/mol. The van der Waals surface area contributed by atoms with Gasteiger partial charge >= 0.3 is 5.69 Å². The number of nitrogens with zero attached hydrogens (tertiary/aromatic N) is 1. The summed E-state index contributed by atoms with van der Waals surface area (Å²) in [5.41, 5.74) is 1.08. The fourth-order valence-corrected chi connectivity index (χ4v) is 2.49. The molecule has 0 aliphatic rings. The molecule has 0 unspecified atom stereocenters. The second-order valence-corrected chi connectivity index (χ2v) is 5.98. The highest BCUT2D eigenvalue weighted by Crippen LogP contribution is 2.30. The molecule has 7 heteroatoms. The molecular formula is C21H18N2O5. The maximum Gasteiger partial charge on any atom is 0.310 e. The summed E-state index contributed by atoms with van der Waals surface area (Å²) in [6.45, 7) is 1.41. The van der Waals surface area contributed by atoms with Gasteiger partial charge in [0.2, 0.25) is 0 Å². The molecule has 0 aromatic heterocycles. The van der Waals surface area contributed by atoms with Crippen LogP contribution in [0.5, 0.6) is 17.2 Å². The molecule has 1 N–H and O–H groups in total. The number of nitro groups is 1. The number of amides is 1. The Morgan fingerprint density at radius 1 is 1.00 bits per heavy atom. The van der Waals surface area contributed by atoms with Gasteiger partial charge in [-0.05, 0) is 42.8 Å². The average molecular weight is 378 g/mol. The Morgan fingerprint density at radius 2 is 1.71 bits per heavy atom. The summed E-state index contributed by atoms with van der Waals surface area (Å²) >= 11 is 0. The summed E-state index contributed by atoms with van der Waals surface area (Å²) < 4.78 is 11.2. The van der Waals surface area contributed by atoms with Crippen molar-refractivity contribution in [2.75, 3.05) is 11.9 Å². The molecule has 3 aromatic rings. The van der Waals surface area contributed by atoms with Crippen LogP contribution in [0.3, 0.4) is 0 Å². The Kier molecular flexibility index (Phi) is 5.86. The maximum absolute atomic E-state index is 12.3. The van der Waals surface area contributed by atoms with Crippen LogP contribution in [0, 0.1) is 17.0 Å². The van der Waals surface area contributed by atoms with Gasteiger partial charge in [0.1, 0.15) is 5.75 Å². The number of ether oxygens (including phenoxy) is 2. The number of para-hydroxylation sites is 3. The summed E-state index contributed by atoms with van der Waals surface area (Å²) in [5, 5.41) is 13.8. The second-order valence-electron chi connectivity index (χ2n) is 5.98. The SMILES string of the molecule is Cc1ccc([N+](=O)[O-])c(OCC(=O)Nc2ccccc2Oc2ccccc2)c1. The highest BCUT2D eigenvalue weighted by Gasteiger charge is 2.16. The van der Waals surface area contributed by atoms with Gasteiger partial charge in [0, 0.05) is 6.07 Å². The normalized spacial score (nSPS) is 10.2. The van der Waals surface area contributed by atoms with E-state index < -0.39 is 10.8 Å². The summed E-state index contributed by atoms with van der Waals surface area (Å²) in [5.74, 6) is 0.702. The van der Waals surface area contributed by atoms with E-state index in [0.717, 1.165) is 5.56 Å². The first-order chi connectivity index (χ1) is 13.5. The first-order valence-electron chi connectivity index (χ1n) is 8.52. The molecule has 0 heterocycles. The van der Waals surface area contributed by atoms with Crippen molar-refractivity contribution in [1.29, 1.82) is 0 Å². The number of carbonyl (C=O) groups excluding carboxylic acids is 1. The highest BCUT2D eigenvalue weighted by atomic mass is 16.6. The third kappa shape index (κ3) is 4.85. The standard InChI is InChI=1S/C21H18N2O5/c1-15-11-12-18(23(25)26)20(13-15)27-14-21(24)22-17-9-5-6-10-19(17)28-16-7-3-2-4-8-16/h2-13H,14H2,1H3,(H,22,24). The molecule has 7 nitrogen and oxygen atoms in total. The van der Waals surface area contributed by atoms with Crippen LogP contribution in [0.4, 0.5) is 11.4 Å². The first-order valence-corrected chi connectivity index (χ1v) is 8.52. The third-order valence-electron chi connectivity index (χ3n) is 3.80. The maximum atomic E-state index is 12.3. The monoisotopic (exact) mass is 378 g/mol. The van der Waals surface area contributed by atoms with Gasteiger partial charge in [0.05, 0.1) is 10.6 Å². The quantitative estimate of drug-likeness (QED) is 0.475. The zero-order chi connectivity index (χ0) is 19.9. The van der Waals surface area contributed by atoms with Gasteiger partial charge in [-0.15, -0.1) is 0 Å². The predicted octanol–water partition coefficient (Wildman–Crippen LogP) is 4.71. The van der Waals surface area contributed by atoms with Crippen molar-refractivity contribution in [3.63, 3.8) is 0 Å². The van der Waals surface area contributed by atoms with E-state index in [1.807, 2.05) is 18.2 Å². The first kappa shape index (κ1) is 18.9. The lowest BCUT2D eigenvalue weighted by molar-refractivity contribution is -0.385. The van der Waals surface area contributed by atoms with Gasteiger partial charge in [0.15, 0.2) is 18.1 Å². The molecule has 3 aromatic carbocycles. The zero-order valence-corrected chi connectivity index (χ0v) is 15.1. The fraction of sp³-hybridized carbons (Fsp3) is 0.0952. The van der Waals surface area contributed by atoms with E-state index >= 15 is 0 Å². The summed E-state index contributed by atoms with van der Waals surface area (Å²) in [7, 11) is 0. The highest BCUT2D eigenvalue weighted by molar-refractivity contribution is 5.93. The Labute approximate surface area is 161 Å². The Morgan fingerprint density at radius 3 is 2.46 bits per heavy atom. The van der Waals surface area contributed by atoms with E-state index in [0.29, 0.717) is 17.2 Å². The molecule has 0 bridgehead atoms. The van der Waals surface area contributed by atoms with E-state index in [2.05, 4.69) is 5.32 Å². The van der Waals surface area contributed by atoms with E-state index in [1.54, 1.807) is 49.4 Å². The number of benzene rings is 3. The minimum absolute atomic E-state index is 0.0500. The predicted molar refractivity (Wildman–Crippen MR) is 105 cm³/mol. The van der Waals surface area contributed by atoms with Crippen LogP contribution in [0.15, 0.2) is 72.8 Å². The van der Waals surface area contributed by atoms with Crippen molar-refractivity contribution < 1.29 is 19.2 Å². The van der Waals surface area contributed by atoms with Gasteiger partial charge in [-0.25, -0.2) is 0 Å². The molecule has 0 spiro atoms. The second kappa shape index (κ2) is 8.68. The number of aryl methyl sites for hydroxylation is 1. The molecule has 0 radical (unpaired) electrons. The zero-order valence-electron chi connectivity index (χ0n) is 15.1. The van der Waals surface area contributed by atoms with Crippen molar-refractivity contribution in [2.45, 2.75) is 6.92 Å². The molecule has 142 valence electrons. The number of anilines is 1. The number of nitro benzene ring substituents is 1. The lowest BCUT2D eigenvalue weighted by Crippen LogP contribution is -2.20. The number of carbonyl (C=O) groups is 1. The number of hydrogen-bond donors (Lipinski definition) is 1. The third-order valence-corrected chi connectivity index (χ3v) is 3.80. The van der Waals surface area contributed by atoms with Crippen molar-refractivity contribution in [1.82, 2.24) is 0 Å². The average Bonchev–Trinajstić information content (AvgIpc) is 2.68. The molecule has 28 heavy (non-hydrogen) atoms. The largest absolute Gasteiger partial charge is 0.477 e. The van der Waals surface area contributed by atoms with Crippen LogP contribution >= 0.6 is 0 Å². The fourth-order valence-electron chi connectivity index (χ4n) is 2.49. The Hall–Kier alpha value is -3.87. The Balaban J connectivity index is 1.68. The lowest BCUT2D eigenvalue weighted by Gasteiger charge is -2.13. The van der Waals surface area contributed by atoms with Gasteiger partial charge in [-0.2, -0.15) is 0 Å². The molecule has 0 saturated heterocycles. The van der Waals surface area contributed by atoms with E-state index in [-0.39, 0.29) is 18.0 Å². The number of rotatable bonds is 7. The van der Waals surface area contributed by atoms with Gasteiger partial charge in [0.25, 0.3) is 5.91 Å². The molecule has 0 atom stereocenters. The van der Waals surface area contributed by atoms with E-state index in [4.69, 9.17) is 9.47 Å². The van der Waals surface area contributed by atoms with Crippen LogP contribution in [0.2, 0.25) is 0 Å². The molecule has 0 saturated carbocycles. The van der Waals surface area contributed by atoms with Gasteiger partial charge in [-0.1, -0.05) is 36.4 Å². The van der Waals surface area contributed by atoms with Crippen molar-refractivity contribution in [3.8, 4) is 17.2 Å². The van der Waals surface area contributed by atoms with Crippen molar-refractivity contribution >= 4 is 17.3 Å². The van der Waals surface area contributed by atoms with Crippen LogP contribution < -0.4 is 14.8 Å².